The van der Waals surface area contributed by atoms with E-state index in [0.29, 0.717) is 6.42 Å². The Hall–Kier alpha value is 0.989. The fraction of sp³-hybridized carbons (Fsp3) is 0.714. The van der Waals surface area contributed by atoms with Gasteiger partial charge in [-0.05, 0) is 6.42 Å². The van der Waals surface area contributed by atoms with Crippen LogP contribution in [0.2, 0.25) is 0 Å². The Kier molecular flexibility index (Phi) is 6.97. The number of hydrogen-bond acceptors (Lipinski definition) is 2. The third-order valence-electron chi connectivity index (χ3n) is 1.83. The summed E-state index contributed by atoms with van der Waals surface area (Å²) in [4.78, 5) is 12.3. The Morgan fingerprint density at radius 2 is 2.42 bits per heavy atom. The molecule has 1 fully saturated rings. The standard InChI is InChI=1S/C7H11BNOS.Y/c1-2-11-5-6-3-4-7(10)9(6)8;/h6H,1-5H2;/q-1;/t6-;/m1./s1. The molecule has 0 aromatic rings. The van der Waals surface area contributed by atoms with Gasteiger partial charge in [0.2, 0.25) is 13.9 Å². The van der Waals surface area contributed by atoms with E-state index in [4.69, 9.17) is 7.98 Å². The third kappa shape index (κ3) is 3.39. The summed E-state index contributed by atoms with van der Waals surface area (Å²) in [6, 6.07) is 0.245. The number of amides is 1. The van der Waals surface area contributed by atoms with Crippen molar-refractivity contribution in [2.45, 2.75) is 18.9 Å². The summed E-state index contributed by atoms with van der Waals surface area (Å²) >= 11 is 1.73. The molecule has 0 aromatic carbocycles. The van der Waals surface area contributed by atoms with E-state index < -0.39 is 0 Å². The second-order valence-electron chi connectivity index (χ2n) is 2.57. The van der Waals surface area contributed by atoms with Crippen LogP contribution in [0.1, 0.15) is 12.8 Å². The molecule has 0 unspecified atom stereocenters. The van der Waals surface area contributed by atoms with Gasteiger partial charge in [0.1, 0.15) is 0 Å². The van der Waals surface area contributed by atoms with Crippen molar-refractivity contribution in [2.24, 2.45) is 0 Å². The molecule has 1 rings (SSSR count). The van der Waals surface area contributed by atoms with E-state index in [0.717, 1.165) is 17.9 Å². The van der Waals surface area contributed by atoms with Gasteiger partial charge in [-0.2, -0.15) is 11.8 Å². The summed E-state index contributed by atoms with van der Waals surface area (Å²) in [5, 5.41) is 0. The van der Waals surface area contributed by atoms with Crippen LogP contribution in [0.5, 0.6) is 0 Å². The molecular weight excluding hydrogens is 246 g/mol. The van der Waals surface area contributed by atoms with Crippen LogP contribution in [0.4, 0.5) is 0 Å². The second kappa shape index (κ2) is 6.44. The number of carbonyl (C=O) groups is 1. The van der Waals surface area contributed by atoms with E-state index in [-0.39, 0.29) is 44.7 Å². The van der Waals surface area contributed by atoms with Crippen molar-refractivity contribution in [1.29, 1.82) is 0 Å². The van der Waals surface area contributed by atoms with Gasteiger partial charge < -0.3 is 11.7 Å². The molecule has 1 aliphatic heterocycles. The van der Waals surface area contributed by atoms with Crippen LogP contribution in [-0.4, -0.2) is 36.2 Å². The van der Waals surface area contributed by atoms with Crippen molar-refractivity contribution in [2.75, 3.05) is 11.5 Å². The number of rotatable bonds is 3. The Bertz CT molecular complexity index is 158. The number of thioether (sulfide) groups is 1. The first-order valence-electron chi connectivity index (χ1n) is 3.69. The molecule has 1 amide bonds. The van der Waals surface area contributed by atoms with Crippen molar-refractivity contribution in [3.8, 4) is 0 Å². The molecular formula is C7H11BNOSY-. The first kappa shape index (κ1) is 13.0. The van der Waals surface area contributed by atoms with Crippen molar-refractivity contribution < 1.29 is 37.5 Å². The van der Waals surface area contributed by atoms with Gasteiger partial charge in [0.15, 0.2) is 0 Å². The molecule has 0 saturated carbocycles. The first-order valence-corrected chi connectivity index (χ1v) is 4.85. The van der Waals surface area contributed by atoms with E-state index in [2.05, 4.69) is 6.92 Å². The molecule has 0 bridgehead atoms. The average Bonchev–Trinajstić information content (AvgIpc) is 2.31. The van der Waals surface area contributed by atoms with Gasteiger partial charge in [-0.25, -0.2) is 0 Å². The SMILES string of the molecule is [B]N1C(=O)CC[C@@H]1CSC[CH2-].[Y]. The molecule has 1 aliphatic rings. The zero-order chi connectivity index (χ0) is 8.27. The van der Waals surface area contributed by atoms with Crippen LogP contribution in [0.3, 0.4) is 0 Å². The zero-order valence-corrected chi connectivity index (χ0v) is 10.7. The van der Waals surface area contributed by atoms with Crippen molar-refractivity contribution >= 4 is 25.7 Å². The molecule has 12 heavy (non-hydrogen) atoms. The predicted octanol–water partition coefficient (Wildman–Crippen LogP) is 0.626. The molecule has 0 aromatic heterocycles. The molecule has 0 N–H and O–H groups in total. The Morgan fingerprint density at radius 3 is 2.83 bits per heavy atom. The molecule has 63 valence electrons. The molecule has 1 saturated heterocycles. The fourth-order valence-corrected chi connectivity index (χ4v) is 1.91. The van der Waals surface area contributed by atoms with Gasteiger partial charge in [-0.1, -0.05) is 0 Å². The summed E-state index contributed by atoms with van der Waals surface area (Å²) in [5.74, 6) is 1.84. The maximum Gasteiger partial charge on any atom is 0.230 e. The number of carbonyl (C=O) groups excluding carboxylic acids is 1. The van der Waals surface area contributed by atoms with Gasteiger partial charge in [0.05, 0.1) is 0 Å². The average molecular weight is 257 g/mol. The van der Waals surface area contributed by atoms with E-state index in [1.54, 1.807) is 11.8 Å². The minimum atomic E-state index is 0. The molecule has 1 heterocycles. The van der Waals surface area contributed by atoms with Crippen LogP contribution in [-0.2, 0) is 37.5 Å². The summed E-state index contributed by atoms with van der Waals surface area (Å²) in [5.41, 5.74) is 0. The topological polar surface area (TPSA) is 20.3 Å². The normalized spacial score (nSPS) is 22.6. The summed E-state index contributed by atoms with van der Waals surface area (Å²) in [6.07, 6.45) is 1.52. The quantitative estimate of drug-likeness (QED) is 0.545. The summed E-state index contributed by atoms with van der Waals surface area (Å²) < 4.78 is 0. The molecule has 1 atom stereocenters. The Balaban J connectivity index is 0.00000121. The summed E-state index contributed by atoms with van der Waals surface area (Å²) in [7, 11) is 5.51. The van der Waals surface area contributed by atoms with Crippen molar-refractivity contribution in [3.63, 3.8) is 0 Å². The van der Waals surface area contributed by atoms with Crippen LogP contribution in [0, 0.1) is 6.92 Å². The van der Waals surface area contributed by atoms with Crippen molar-refractivity contribution in [3.05, 3.63) is 6.92 Å². The number of hydrogen-bond donors (Lipinski definition) is 0. The van der Waals surface area contributed by atoms with Crippen LogP contribution < -0.4 is 0 Å². The molecule has 2 nitrogen and oxygen atoms in total. The van der Waals surface area contributed by atoms with Gasteiger partial charge in [-0.3, -0.25) is 4.79 Å². The van der Waals surface area contributed by atoms with Crippen LogP contribution >= 0.6 is 11.8 Å². The van der Waals surface area contributed by atoms with E-state index in [9.17, 15) is 4.79 Å². The fourth-order valence-electron chi connectivity index (χ4n) is 1.14. The smallest absolute Gasteiger partial charge is 0.230 e. The maximum absolute atomic E-state index is 10.9. The molecule has 3 radical (unpaired) electrons. The predicted molar refractivity (Wildman–Crippen MR) is 48.3 cm³/mol. The monoisotopic (exact) mass is 257 g/mol. The first-order chi connectivity index (χ1) is 5.25. The maximum atomic E-state index is 10.9. The second-order valence-corrected chi connectivity index (χ2v) is 3.72. The van der Waals surface area contributed by atoms with E-state index in [1.165, 1.54) is 4.81 Å². The number of nitrogens with zero attached hydrogens (tertiary/aromatic N) is 1. The Labute approximate surface area is 105 Å². The van der Waals surface area contributed by atoms with Crippen molar-refractivity contribution in [1.82, 2.24) is 4.81 Å². The van der Waals surface area contributed by atoms with Gasteiger partial charge in [-0.15, -0.1) is 5.75 Å². The van der Waals surface area contributed by atoms with Gasteiger partial charge in [0, 0.05) is 50.9 Å². The molecule has 0 aliphatic carbocycles. The van der Waals surface area contributed by atoms with Crippen LogP contribution in [0.25, 0.3) is 0 Å². The zero-order valence-electron chi connectivity index (χ0n) is 7.03. The van der Waals surface area contributed by atoms with E-state index >= 15 is 0 Å². The molecule has 0 spiro atoms. The van der Waals surface area contributed by atoms with Gasteiger partial charge in [0.25, 0.3) is 0 Å². The summed E-state index contributed by atoms with van der Waals surface area (Å²) in [6.45, 7) is 3.71. The molecule has 5 heteroatoms. The van der Waals surface area contributed by atoms with Crippen LogP contribution in [0.15, 0.2) is 0 Å². The third-order valence-corrected chi connectivity index (χ3v) is 2.74. The minimum Gasteiger partial charge on any atom is -0.393 e. The largest absolute Gasteiger partial charge is 0.393 e. The Morgan fingerprint density at radius 1 is 1.75 bits per heavy atom. The minimum absolute atomic E-state index is 0. The van der Waals surface area contributed by atoms with Gasteiger partial charge >= 0.3 is 0 Å². The van der Waals surface area contributed by atoms with E-state index in [1.807, 2.05) is 0 Å².